The highest BCUT2D eigenvalue weighted by molar-refractivity contribution is 5.80. The number of amides is 1. The van der Waals surface area contributed by atoms with Gasteiger partial charge in [-0.15, -0.1) is 0 Å². The van der Waals surface area contributed by atoms with Crippen molar-refractivity contribution in [1.82, 2.24) is 14.7 Å². The Morgan fingerprint density at radius 3 is 2.81 bits per heavy atom. The topological polar surface area (TPSA) is 64.4 Å². The van der Waals surface area contributed by atoms with E-state index in [0.717, 1.165) is 30.7 Å². The standard InChI is InChI=1S/C21H27N3O3/c1-15-13-16(2)24(22-15)12-11-21(26)27-14-20(25)23(3)19-10-6-8-17-7-4-5-9-18(17)19/h4-5,7,9,13,19H,6,8,10-12,14H2,1-3H3. The molecule has 1 amide bonds. The number of nitrogens with zero attached hydrogens (tertiary/aromatic N) is 3. The average molecular weight is 369 g/mol. The monoisotopic (exact) mass is 369 g/mol. The van der Waals surface area contributed by atoms with Crippen molar-refractivity contribution in [2.45, 2.75) is 52.1 Å². The molecular weight excluding hydrogens is 342 g/mol. The predicted octanol–water partition coefficient (Wildman–Crippen LogP) is 2.97. The maximum atomic E-state index is 12.5. The third-order valence-electron chi connectivity index (χ3n) is 5.19. The van der Waals surface area contributed by atoms with Gasteiger partial charge in [-0.1, -0.05) is 24.3 Å². The molecule has 1 aromatic heterocycles. The van der Waals surface area contributed by atoms with E-state index in [4.69, 9.17) is 4.74 Å². The minimum absolute atomic E-state index is 0.0517. The summed E-state index contributed by atoms with van der Waals surface area (Å²) in [6, 6.07) is 10.3. The first-order valence-electron chi connectivity index (χ1n) is 9.46. The Hall–Kier alpha value is -2.63. The average Bonchev–Trinajstić information content (AvgIpc) is 3.00. The molecule has 27 heavy (non-hydrogen) atoms. The van der Waals surface area contributed by atoms with Crippen LogP contribution in [0.2, 0.25) is 0 Å². The number of rotatable bonds is 6. The molecule has 0 N–H and O–H groups in total. The number of esters is 1. The van der Waals surface area contributed by atoms with E-state index in [1.807, 2.05) is 32.0 Å². The van der Waals surface area contributed by atoms with Crippen LogP contribution >= 0.6 is 0 Å². The number of carbonyl (C=O) groups excluding carboxylic acids is 2. The number of likely N-dealkylation sites (N-methyl/N-ethyl adjacent to an activating group) is 1. The molecule has 0 spiro atoms. The number of carbonyl (C=O) groups is 2. The van der Waals surface area contributed by atoms with Crippen LogP contribution in [0.15, 0.2) is 30.3 Å². The molecule has 3 rings (SSSR count). The molecule has 1 heterocycles. The zero-order valence-electron chi connectivity index (χ0n) is 16.3. The van der Waals surface area contributed by atoms with Gasteiger partial charge in [0.1, 0.15) is 0 Å². The zero-order chi connectivity index (χ0) is 19.4. The SMILES string of the molecule is Cc1cc(C)n(CCC(=O)OCC(=O)N(C)C2CCCc3ccccc32)n1. The molecule has 1 aliphatic carbocycles. The van der Waals surface area contributed by atoms with Crippen molar-refractivity contribution in [1.29, 1.82) is 0 Å². The molecule has 0 saturated carbocycles. The molecule has 0 saturated heterocycles. The van der Waals surface area contributed by atoms with Crippen LogP contribution in [0.4, 0.5) is 0 Å². The molecule has 144 valence electrons. The van der Waals surface area contributed by atoms with Crippen molar-refractivity contribution in [2.75, 3.05) is 13.7 Å². The van der Waals surface area contributed by atoms with E-state index < -0.39 is 0 Å². The summed E-state index contributed by atoms with van der Waals surface area (Å²) in [5, 5.41) is 4.32. The lowest BCUT2D eigenvalue weighted by Gasteiger charge is -2.33. The van der Waals surface area contributed by atoms with Crippen molar-refractivity contribution < 1.29 is 14.3 Å². The Labute approximate surface area is 160 Å². The highest BCUT2D eigenvalue weighted by Gasteiger charge is 2.26. The minimum atomic E-state index is -0.381. The highest BCUT2D eigenvalue weighted by atomic mass is 16.5. The number of aromatic nitrogens is 2. The van der Waals surface area contributed by atoms with Crippen molar-refractivity contribution in [3.8, 4) is 0 Å². The van der Waals surface area contributed by atoms with Gasteiger partial charge >= 0.3 is 5.97 Å². The first-order chi connectivity index (χ1) is 13.0. The number of hydrogen-bond acceptors (Lipinski definition) is 4. The summed E-state index contributed by atoms with van der Waals surface area (Å²) in [6.45, 7) is 4.11. The third-order valence-corrected chi connectivity index (χ3v) is 5.19. The fourth-order valence-corrected chi connectivity index (χ4v) is 3.72. The molecule has 6 heteroatoms. The fraction of sp³-hybridized carbons (Fsp3) is 0.476. The molecule has 0 fully saturated rings. The second-order valence-electron chi connectivity index (χ2n) is 7.17. The van der Waals surface area contributed by atoms with E-state index in [2.05, 4.69) is 17.2 Å². The van der Waals surface area contributed by atoms with Crippen LogP contribution < -0.4 is 0 Å². The summed E-state index contributed by atoms with van der Waals surface area (Å²) < 4.78 is 6.98. The minimum Gasteiger partial charge on any atom is -0.456 e. The van der Waals surface area contributed by atoms with Crippen LogP contribution in [-0.4, -0.2) is 40.2 Å². The number of aryl methyl sites for hydroxylation is 4. The van der Waals surface area contributed by atoms with Crippen LogP contribution in [0.1, 0.15) is 47.8 Å². The maximum absolute atomic E-state index is 12.5. The van der Waals surface area contributed by atoms with Crippen LogP contribution in [0.25, 0.3) is 0 Å². The van der Waals surface area contributed by atoms with Crippen molar-refractivity contribution in [2.24, 2.45) is 0 Å². The molecule has 1 unspecified atom stereocenters. The van der Waals surface area contributed by atoms with Crippen molar-refractivity contribution in [3.05, 3.63) is 52.8 Å². The van der Waals surface area contributed by atoms with Crippen molar-refractivity contribution >= 4 is 11.9 Å². The van der Waals surface area contributed by atoms with Gasteiger partial charge in [-0.3, -0.25) is 14.3 Å². The van der Waals surface area contributed by atoms with Gasteiger partial charge in [-0.05, 0) is 50.3 Å². The molecule has 0 aliphatic heterocycles. The number of benzene rings is 1. The van der Waals surface area contributed by atoms with Gasteiger partial charge in [-0.25, -0.2) is 0 Å². The summed E-state index contributed by atoms with van der Waals surface area (Å²) in [5.41, 5.74) is 4.43. The summed E-state index contributed by atoms with van der Waals surface area (Å²) in [4.78, 5) is 26.2. The van der Waals surface area contributed by atoms with Crippen molar-refractivity contribution in [3.63, 3.8) is 0 Å². The quantitative estimate of drug-likeness (QED) is 0.735. The zero-order valence-corrected chi connectivity index (χ0v) is 16.3. The smallest absolute Gasteiger partial charge is 0.308 e. The molecule has 1 aliphatic rings. The number of hydrogen-bond donors (Lipinski definition) is 0. The molecule has 6 nitrogen and oxygen atoms in total. The Balaban J connectivity index is 1.50. The normalized spacial score (nSPS) is 15.9. The molecule has 1 aromatic carbocycles. The highest BCUT2D eigenvalue weighted by Crippen LogP contribution is 2.33. The third kappa shape index (κ3) is 4.56. The van der Waals surface area contributed by atoms with Crippen LogP contribution in [0, 0.1) is 13.8 Å². The lowest BCUT2D eigenvalue weighted by atomic mass is 9.87. The Morgan fingerprint density at radius 2 is 2.07 bits per heavy atom. The van der Waals surface area contributed by atoms with Gasteiger partial charge < -0.3 is 9.64 Å². The van der Waals surface area contributed by atoms with Gasteiger partial charge in [0, 0.05) is 12.7 Å². The molecule has 1 atom stereocenters. The Kier molecular flexibility index (Phi) is 5.94. The lowest BCUT2D eigenvalue weighted by Crippen LogP contribution is -2.36. The second kappa shape index (κ2) is 8.37. The molecule has 0 bridgehead atoms. The van der Waals surface area contributed by atoms with Gasteiger partial charge in [0.2, 0.25) is 0 Å². The van der Waals surface area contributed by atoms with E-state index in [0.29, 0.717) is 6.54 Å². The van der Waals surface area contributed by atoms with Gasteiger partial charge in [-0.2, -0.15) is 5.10 Å². The van der Waals surface area contributed by atoms with Gasteiger partial charge in [0.15, 0.2) is 6.61 Å². The summed E-state index contributed by atoms with van der Waals surface area (Å²) in [7, 11) is 1.79. The van der Waals surface area contributed by atoms with Crippen LogP contribution in [0.3, 0.4) is 0 Å². The summed E-state index contributed by atoms with van der Waals surface area (Å²) in [6.07, 6.45) is 3.24. The molecule has 2 aromatic rings. The summed E-state index contributed by atoms with van der Waals surface area (Å²) in [5.74, 6) is -0.551. The summed E-state index contributed by atoms with van der Waals surface area (Å²) >= 11 is 0. The fourth-order valence-electron chi connectivity index (χ4n) is 3.72. The Morgan fingerprint density at radius 1 is 1.30 bits per heavy atom. The van der Waals surface area contributed by atoms with Crippen LogP contribution in [-0.2, 0) is 27.3 Å². The first-order valence-corrected chi connectivity index (χ1v) is 9.46. The maximum Gasteiger partial charge on any atom is 0.308 e. The van der Waals surface area contributed by atoms with E-state index in [1.54, 1.807) is 16.6 Å². The Bertz CT molecular complexity index is 828. The first kappa shape index (κ1) is 19.1. The van der Waals surface area contributed by atoms with E-state index in [1.165, 1.54) is 11.1 Å². The number of fused-ring (bicyclic) bond motifs is 1. The van der Waals surface area contributed by atoms with Gasteiger partial charge in [0.25, 0.3) is 5.91 Å². The second-order valence-corrected chi connectivity index (χ2v) is 7.17. The molecule has 0 radical (unpaired) electrons. The van der Waals surface area contributed by atoms with Gasteiger partial charge in [0.05, 0.1) is 24.7 Å². The van der Waals surface area contributed by atoms with E-state index in [9.17, 15) is 9.59 Å². The lowest BCUT2D eigenvalue weighted by molar-refractivity contribution is -0.152. The predicted molar refractivity (Wildman–Crippen MR) is 102 cm³/mol. The van der Waals surface area contributed by atoms with Crippen LogP contribution in [0.5, 0.6) is 0 Å². The van der Waals surface area contributed by atoms with E-state index in [-0.39, 0.29) is 30.9 Å². The van der Waals surface area contributed by atoms with E-state index >= 15 is 0 Å². The molecular formula is C21H27N3O3. The largest absolute Gasteiger partial charge is 0.456 e. The number of ether oxygens (including phenoxy) is 1.